The Balaban J connectivity index is 1.83. The molecule has 0 aliphatic carbocycles. The molecular formula is C21H27N7O2. The normalized spacial score (nSPS) is 19.6. The van der Waals surface area contributed by atoms with E-state index in [0.717, 1.165) is 11.4 Å². The fourth-order valence-electron chi connectivity index (χ4n) is 3.07. The second-order valence-corrected chi connectivity index (χ2v) is 7.89. The van der Waals surface area contributed by atoms with E-state index in [9.17, 15) is 10.5 Å². The molecule has 1 aromatic heterocycles. The number of anilines is 1. The Kier molecular flexibility index (Phi) is 6.14. The van der Waals surface area contributed by atoms with Crippen LogP contribution in [-0.2, 0) is 10.3 Å². The van der Waals surface area contributed by atoms with E-state index >= 15 is 0 Å². The Morgan fingerprint density at radius 1 is 1.43 bits per heavy atom. The van der Waals surface area contributed by atoms with Gasteiger partial charge in [-0.15, -0.1) is 5.10 Å². The summed E-state index contributed by atoms with van der Waals surface area (Å²) in [6.07, 6.45) is 5.48. The molecule has 1 N–H and O–H groups in total. The van der Waals surface area contributed by atoms with Crippen molar-refractivity contribution in [1.82, 2.24) is 14.7 Å². The van der Waals surface area contributed by atoms with Gasteiger partial charge in [0.2, 0.25) is 0 Å². The lowest BCUT2D eigenvalue weighted by molar-refractivity contribution is -0.0305. The predicted octanol–water partition coefficient (Wildman–Crippen LogP) is 2.77. The molecule has 30 heavy (non-hydrogen) atoms. The van der Waals surface area contributed by atoms with E-state index in [0.29, 0.717) is 30.5 Å². The largest absolute Gasteiger partial charge is 0.472 e. The van der Waals surface area contributed by atoms with Crippen molar-refractivity contribution < 1.29 is 9.47 Å². The Morgan fingerprint density at radius 3 is 2.70 bits per heavy atom. The quantitative estimate of drug-likeness (QED) is 0.737. The summed E-state index contributed by atoms with van der Waals surface area (Å²) in [5.74, 6) is 1.16. The lowest BCUT2D eigenvalue weighted by Gasteiger charge is -2.36. The first-order valence-electron chi connectivity index (χ1n) is 9.92. The van der Waals surface area contributed by atoms with Gasteiger partial charge in [0.05, 0.1) is 37.6 Å². The van der Waals surface area contributed by atoms with Gasteiger partial charge in [-0.2, -0.15) is 10.5 Å². The minimum atomic E-state index is -0.808. The maximum Gasteiger partial charge on any atom is 0.256 e. The van der Waals surface area contributed by atoms with Gasteiger partial charge < -0.3 is 19.7 Å². The van der Waals surface area contributed by atoms with Gasteiger partial charge in [0.25, 0.3) is 5.88 Å². The summed E-state index contributed by atoms with van der Waals surface area (Å²) in [6.45, 7) is 10.7. The van der Waals surface area contributed by atoms with E-state index in [1.54, 1.807) is 24.7 Å². The van der Waals surface area contributed by atoms with Crippen LogP contribution in [0.25, 0.3) is 0 Å². The molecule has 158 valence electrons. The molecule has 0 bridgehead atoms. The van der Waals surface area contributed by atoms with Crippen molar-refractivity contribution in [3.63, 3.8) is 0 Å². The van der Waals surface area contributed by atoms with Gasteiger partial charge in [0, 0.05) is 5.57 Å². The Labute approximate surface area is 176 Å². The third-order valence-corrected chi connectivity index (χ3v) is 4.82. The molecule has 0 atom stereocenters. The number of aromatic nitrogens is 2. The van der Waals surface area contributed by atoms with Crippen molar-refractivity contribution in [3.8, 4) is 18.0 Å². The molecule has 1 aromatic rings. The molecule has 0 amide bonds. The molecule has 9 nitrogen and oxygen atoms in total. The lowest BCUT2D eigenvalue weighted by atomic mass is 10.1. The number of nitriles is 2. The number of ether oxygens (including phenoxy) is 2. The summed E-state index contributed by atoms with van der Waals surface area (Å²) in [7, 11) is 0. The Bertz CT molecular complexity index is 968. The molecular weight excluding hydrogens is 382 g/mol. The fourth-order valence-corrected chi connectivity index (χ4v) is 3.07. The van der Waals surface area contributed by atoms with Crippen molar-refractivity contribution >= 4 is 11.5 Å². The minimum absolute atomic E-state index is 0.0635. The van der Waals surface area contributed by atoms with Crippen LogP contribution in [0.4, 0.5) is 5.69 Å². The van der Waals surface area contributed by atoms with Crippen molar-refractivity contribution in [3.05, 3.63) is 29.6 Å². The summed E-state index contributed by atoms with van der Waals surface area (Å²) in [5, 5.41) is 26.6. The van der Waals surface area contributed by atoms with Crippen LogP contribution in [0.1, 0.15) is 34.6 Å². The topological polar surface area (TPSA) is 111 Å². The average Bonchev–Trinajstić information content (AvgIpc) is 3.22. The first-order chi connectivity index (χ1) is 14.3. The van der Waals surface area contributed by atoms with Gasteiger partial charge in [-0.25, -0.2) is 9.67 Å². The van der Waals surface area contributed by atoms with Gasteiger partial charge in [0.1, 0.15) is 35.5 Å². The monoisotopic (exact) mass is 409 g/mol. The molecule has 3 rings (SSSR count). The van der Waals surface area contributed by atoms with Crippen LogP contribution in [0.2, 0.25) is 0 Å². The van der Waals surface area contributed by atoms with Gasteiger partial charge in [-0.1, -0.05) is 6.08 Å². The molecule has 0 saturated carbocycles. The maximum absolute atomic E-state index is 9.51. The number of nitrogens with one attached hydrogen (secondary N) is 1. The van der Waals surface area contributed by atoms with E-state index in [-0.39, 0.29) is 18.8 Å². The molecule has 0 radical (unpaired) electrons. The SMILES string of the molecule is C/C=C1/C=C(C#N)N(C2COC2)C1=NCNc1cn(C(C)(C)C#N)nc1OC(C)C. The zero-order valence-electron chi connectivity index (χ0n) is 18.0. The second kappa shape index (κ2) is 8.60. The van der Waals surface area contributed by atoms with Crippen molar-refractivity contribution in [2.24, 2.45) is 4.99 Å². The van der Waals surface area contributed by atoms with Gasteiger partial charge in [-0.05, 0) is 40.7 Å². The summed E-state index contributed by atoms with van der Waals surface area (Å²) < 4.78 is 12.7. The van der Waals surface area contributed by atoms with Crippen LogP contribution in [0.15, 0.2) is 34.6 Å². The van der Waals surface area contributed by atoms with E-state index in [2.05, 4.69) is 22.6 Å². The lowest BCUT2D eigenvalue weighted by Crippen LogP contribution is -2.49. The third kappa shape index (κ3) is 4.17. The van der Waals surface area contributed by atoms with Crippen molar-refractivity contribution in [1.29, 1.82) is 10.5 Å². The van der Waals surface area contributed by atoms with Crippen LogP contribution in [0.3, 0.4) is 0 Å². The van der Waals surface area contributed by atoms with E-state index in [1.807, 2.05) is 37.8 Å². The van der Waals surface area contributed by atoms with Crippen LogP contribution in [0.5, 0.6) is 5.88 Å². The van der Waals surface area contributed by atoms with E-state index in [1.165, 1.54) is 0 Å². The van der Waals surface area contributed by atoms with Gasteiger partial charge in [-0.3, -0.25) is 0 Å². The molecule has 0 spiro atoms. The number of rotatable bonds is 7. The number of aliphatic imine (C=N–C) groups is 1. The maximum atomic E-state index is 9.51. The summed E-state index contributed by atoms with van der Waals surface area (Å²) in [4.78, 5) is 6.65. The first kappa shape index (κ1) is 21.4. The molecule has 0 unspecified atom stereocenters. The number of allylic oxidation sites excluding steroid dienone is 2. The highest BCUT2D eigenvalue weighted by molar-refractivity contribution is 6.05. The van der Waals surface area contributed by atoms with E-state index < -0.39 is 5.54 Å². The van der Waals surface area contributed by atoms with Gasteiger partial charge >= 0.3 is 0 Å². The second-order valence-electron chi connectivity index (χ2n) is 7.89. The van der Waals surface area contributed by atoms with Crippen LogP contribution < -0.4 is 10.1 Å². The molecule has 2 aliphatic rings. The smallest absolute Gasteiger partial charge is 0.256 e. The van der Waals surface area contributed by atoms with Crippen LogP contribution >= 0.6 is 0 Å². The summed E-state index contributed by atoms with van der Waals surface area (Å²) >= 11 is 0. The zero-order valence-corrected chi connectivity index (χ0v) is 18.0. The fraction of sp³-hybridized carbons (Fsp3) is 0.524. The van der Waals surface area contributed by atoms with Crippen LogP contribution in [-0.4, -0.2) is 52.5 Å². The summed E-state index contributed by atoms with van der Waals surface area (Å²) in [6, 6.07) is 4.60. The average molecular weight is 409 g/mol. The number of hydrogen-bond donors (Lipinski definition) is 1. The molecule has 9 heteroatoms. The Hall–Kier alpha value is -3.30. The Morgan fingerprint density at radius 2 is 2.17 bits per heavy atom. The third-order valence-electron chi connectivity index (χ3n) is 4.82. The van der Waals surface area contributed by atoms with Gasteiger partial charge in [0.15, 0.2) is 0 Å². The van der Waals surface area contributed by atoms with E-state index in [4.69, 9.17) is 14.5 Å². The standard InChI is InChI=1S/C21H27N7O2/c1-6-15-7-16(8-22)28(17-10-29-11-17)19(15)25-13-24-18-9-27(21(4,5)12-23)26-20(18)30-14(2)3/h6-7,9,14,17,24H,10-11,13H2,1-5H3/b15-6-,25-19?. The summed E-state index contributed by atoms with van der Waals surface area (Å²) in [5.41, 5.74) is 1.32. The van der Waals surface area contributed by atoms with Crippen molar-refractivity contribution in [2.75, 3.05) is 25.2 Å². The highest BCUT2D eigenvalue weighted by Crippen LogP contribution is 2.29. The molecule has 2 aliphatic heterocycles. The molecule has 1 saturated heterocycles. The first-order valence-corrected chi connectivity index (χ1v) is 9.92. The highest BCUT2D eigenvalue weighted by atomic mass is 16.5. The predicted molar refractivity (Wildman–Crippen MR) is 113 cm³/mol. The number of amidine groups is 1. The van der Waals surface area contributed by atoms with Crippen molar-refractivity contribution in [2.45, 2.75) is 52.3 Å². The number of hydrogen-bond acceptors (Lipinski definition) is 7. The zero-order chi connectivity index (χ0) is 21.9. The molecule has 0 aromatic carbocycles. The number of nitrogens with zero attached hydrogens (tertiary/aromatic N) is 6. The highest BCUT2D eigenvalue weighted by Gasteiger charge is 2.36. The van der Waals surface area contributed by atoms with Crippen LogP contribution in [0, 0.1) is 22.7 Å². The minimum Gasteiger partial charge on any atom is -0.472 e. The molecule has 3 heterocycles. The molecule has 1 fully saturated rings.